The lowest BCUT2D eigenvalue weighted by Crippen LogP contribution is -1.99. The Morgan fingerprint density at radius 3 is 0.913 bits per heavy atom. The van der Waals surface area contributed by atoms with Crippen molar-refractivity contribution in [3.63, 3.8) is 0 Å². The molecule has 4 nitrogen and oxygen atoms in total. The summed E-state index contributed by atoms with van der Waals surface area (Å²) in [5.41, 5.74) is 15.1. The first kappa shape index (κ1) is 22.3. The maximum Gasteiger partial charge on any atom is 0.0790 e. The molecule has 4 heteroatoms. The summed E-state index contributed by atoms with van der Waals surface area (Å²) in [6, 6.07) is 49.8. The fraction of sp³-hybridized carbons (Fsp3) is 0. The van der Waals surface area contributed by atoms with Crippen LogP contribution in [-0.2, 0) is 0 Å². The quantitative estimate of drug-likeness (QED) is 0.158. The van der Waals surface area contributed by atoms with E-state index < -0.39 is 0 Å². The van der Waals surface area contributed by atoms with E-state index >= 15 is 0 Å². The highest BCUT2D eigenvalue weighted by atomic mass is 15.0. The molecule has 6 heterocycles. The van der Waals surface area contributed by atoms with Gasteiger partial charge in [-0.2, -0.15) is 0 Å². The van der Waals surface area contributed by atoms with Crippen LogP contribution in [0.1, 0.15) is 0 Å². The second-order valence-electron chi connectivity index (χ2n) is 12.9. The Morgan fingerprint density at radius 2 is 0.478 bits per heavy atom. The Morgan fingerprint density at radius 1 is 0.196 bits per heavy atom. The van der Waals surface area contributed by atoms with Gasteiger partial charge in [0.15, 0.2) is 0 Å². The van der Waals surface area contributed by atoms with Crippen LogP contribution >= 0.6 is 0 Å². The summed E-state index contributed by atoms with van der Waals surface area (Å²) in [5.74, 6) is 0. The molecule has 0 spiro atoms. The van der Waals surface area contributed by atoms with Crippen LogP contribution in [0.5, 0.6) is 0 Å². The van der Waals surface area contributed by atoms with Gasteiger partial charge in [0.05, 0.1) is 66.2 Å². The molecule has 0 radical (unpaired) electrons. The van der Waals surface area contributed by atoms with Gasteiger partial charge in [-0.05, 0) is 36.4 Å². The van der Waals surface area contributed by atoms with Gasteiger partial charge in [0.1, 0.15) is 0 Å². The smallest absolute Gasteiger partial charge is 0.0790 e. The summed E-state index contributed by atoms with van der Waals surface area (Å²) in [6.07, 6.45) is 0. The van der Waals surface area contributed by atoms with Crippen molar-refractivity contribution >= 4 is 109 Å². The Hall–Kier alpha value is -6.26. The molecule has 0 unspecified atom stereocenters. The van der Waals surface area contributed by atoms with Gasteiger partial charge in [0.25, 0.3) is 0 Å². The zero-order valence-electron chi connectivity index (χ0n) is 24.5. The molecule has 0 amide bonds. The number of hydrogen-bond acceptors (Lipinski definition) is 0. The van der Waals surface area contributed by atoms with Crippen molar-refractivity contribution in [3.05, 3.63) is 133 Å². The van der Waals surface area contributed by atoms with E-state index in [2.05, 4.69) is 151 Å². The zero-order valence-corrected chi connectivity index (χ0v) is 24.5. The topological polar surface area (TPSA) is 17.6 Å². The zero-order chi connectivity index (χ0) is 29.4. The number of benzene rings is 7. The second-order valence-corrected chi connectivity index (χ2v) is 12.9. The standard InChI is InChI=1S/C42H22N4/c1-3-15-31-23(9-1)25-11-5-19-35-37(25)43(31)33-17-7-13-27-29-21-22-30-28-14-8-18-34-40(28)46(42(30)41(29)45(35)39(27)33)36-20-6-12-26-24-10-2-4-16-32(24)44(34)38(26)36/h1-22H. The third-order valence-electron chi connectivity index (χ3n) is 11.0. The average Bonchev–Trinajstić information content (AvgIpc) is 3.84. The molecule has 6 aromatic heterocycles. The minimum atomic E-state index is 1.24. The van der Waals surface area contributed by atoms with E-state index in [1.807, 2.05) is 0 Å². The molecule has 0 fully saturated rings. The van der Waals surface area contributed by atoms with Crippen molar-refractivity contribution in [2.45, 2.75) is 0 Å². The van der Waals surface area contributed by atoms with Gasteiger partial charge in [0, 0.05) is 43.1 Å². The molecule has 0 bridgehead atoms. The van der Waals surface area contributed by atoms with Crippen molar-refractivity contribution in [1.82, 2.24) is 17.6 Å². The largest absolute Gasteiger partial charge is 0.305 e. The van der Waals surface area contributed by atoms with E-state index in [0.29, 0.717) is 0 Å². The van der Waals surface area contributed by atoms with Gasteiger partial charge in [0.2, 0.25) is 0 Å². The summed E-state index contributed by atoms with van der Waals surface area (Å²) < 4.78 is 10.1. The van der Waals surface area contributed by atoms with Crippen LogP contribution < -0.4 is 0 Å². The van der Waals surface area contributed by atoms with E-state index in [9.17, 15) is 0 Å². The predicted octanol–water partition coefficient (Wildman–Crippen LogP) is 10.8. The van der Waals surface area contributed by atoms with Crippen LogP contribution in [0.15, 0.2) is 133 Å². The normalized spacial score (nSPS) is 13.2. The third-order valence-corrected chi connectivity index (χ3v) is 11.0. The van der Waals surface area contributed by atoms with Crippen molar-refractivity contribution < 1.29 is 0 Å². The van der Waals surface area contributed by atoms with Crippen LogP contribution in [0.3, 0.4) is 0 Å². The summed E-state index contributed by atoms with van der Waals surface area (Å²) in [4.78, 5) is 0. The lowest BCUT2D eigenvalue weighted by molar-refractivity contribution is 1.24. The lowest BCUT2D eigenvalue weighted by atomic mass is 10.1. The molecule has 0 aliphatic rings. The van der Waals surface area contributed by atoms with Gasteiger partial charge in [-0.3, -0.25) is 0 Å². The van der Waals surface area contributed by atoms with E-state index in [0.717, 1.165) is 0 Å². The molecule has 0 aliphatic carbocycles. The van der Waals surface area contributed by atoms with E-state index in [1.165, 1.54) is 109 Å². The van der Waals surface area contributed by atoms with Crippen molar-refractivity contribution in [2.75, 3.05) is 0 Å². The molecule has 13 aromatic rings. The predicted molar refractivity (Wildman–Crippen MR) is 193 cm³/mol. The van der Waals surface area contributed by atoms with Gasteiger partial charge in [-0.25, -0.2) is 0 Å². The molecule has 0 atom stereocenters. The summed E-state index contributed by atoms with van der Waals surface area (Å²) in [6.45, 7) is 0. The molecular formula is C42H22N4. The van der Waals surface area contributed by atoms with E-state index in [-0.39, 0.29) is 0 Å². The lowest BCUT2D eigenvalue weighted by Gasteiger charge is -2.13. The molecule has 0 saturated carbocycles. The number of nitrogens with zero attached hydrogens (tertiary/aromatic N) is 4. The number of para-hydroxylation sites is 6. The Balaban J connectivity index is 1.41. The van der Waals surface area contributed by atoms with Crippen molar-refractivity contribution in [1.29, 1.82) is 0 Å². The summed E-state index contributed by atoms with van der Waals surface area (Å²) >= 11 is 0. The van der Waals surface area contributed by atoms with E-state index in [4.69, 9.17) is 0 Å². The molecule has 0 aliphatic heterocycles. The first-order chi connectivity index (χ1) is 22.9. The van der Waals surface area contributed by atoms with Gasteiger partial charge in [-0.15, -0.1) is 0 Å². The van der Waals surface area contributed by atoms with Crippen molar-refractivity contribution in [2.24, 2.45) is 0 Å². The number of fused-ring (bicyclic) bond motifs is 17. The third kappa shape index (κ3) is 2.18. The van der Waals surface area contributed by atoms with Crippen LogP contribution in [0, 0.1) is 0 Å². The minimum Gasteiger partial charge on any atom is -0.305 e. The van der Waals surface area contributed by atoms with Gasteiger partial charge >= 0.3 is 0 Å². The van der Waals surface area contributed by atoms with Gasteiger partial charge < -0.3 is 17.6 Å². The van der Waals surface area contributed by atoms with Gasteiger partial charge in [-0.1, -0.05) is 97.1 Å². The maximum atomic E-state index is 2.58. The Kier molecular flexibility index (Phi) is 3.47. The Labute approximate surface area is 259 Å². The van der Waals surface area contributed by atoms with Crippen LogP contribution in [0.4, 0.5) is 0 Å². The van der Waals surface area contributed by atoms with Crippen LogP contribution in [0.2, 0.25) is 0 Å². The molecule has 13 rings (SSSR count). The maximum absolute atomic E-state index is 2.58. The first-order valence-electron chi connectivity index (χ1n) is 16.0. The van der Waals surface area contributed by atoms with Crippen LogP contribution in [0.25, 0.3) is 109 Å². The molecule has 0 saturated heterocycles. The first-order valence-corrected chi connectivity index (χ1v) is 16.0. The van der Waals surface area contributed by atoms with Crippen molar-refractivity contribution in [3.8, 4) is 0 Å². The fourth-order valence-electron chi connectivity index (χ4n) is 9.36. The number of aromatic nitrogens is 4. The Bertz CT molecular complexity index is 3240. The monoisotopic (exact) mass is 582 g/mol. The second kappa shape index (κ2) is 7.17. The highest BCUT2D eigenvalue weighted by Crippen LogP contribution is 2.46. The summed E-state index contributed by atoms with van der Waals surface area (Å²) in [7, 11) is 0. The minimum absolute atomic E-state index is 1.24. The molecule has 7 aromatic carbocycles. The van der Waals surface area contributed by atoms with Crippen LogP contribution in [-0.4, -0.2) is 17.6 Å². The number of hydrogen-bond donors (Lipinski definition) is 0. The molecule has 46 heavy (non-hydrogen) atoms. The number of rotatable bonds is 0. The van der Waals surface area contributed by atoms with E-state index in [1.54, 1.807) is 0 Å². The highest BCUT2D eigenvalue weighted by Gasteiger charge is 2.26. The molecule has 210 valence electrons. The molecular weight excluding hydrogens is 560 g/mol. The molecule has 0 N–H and O–H groups in total. The SMILES string of the molecule is c1ccc2c(c1)c1cccc3c1n2c1cccc2c4ccc5c6cccc7c6n(c6cccc8c9ccccc9n7c86)c5c4n3c21. The summed E-state index contributed by atoms with van der Waals surface area (Å²) in [5, 5.41) is 10.3. The highest BCUT2D eigenvalue weighted by molar-refractivity contribution is 6.30. The average molecular weight is 583 g/mol. The fourth-order valence-corrected chi connectivity index (χ4v) is 9.36.